The molecule has 2 aromatic carbocycles. The molecule has 2 aromatic rings. The molecule has 0 radical (unpaired) electrons. The fourth-order valence-corrected chi connectivity index (χ4v) is 7.93. The van der Waals surface area contributed by atoms with Crippen molar-refractivity contribution in [3.05, 3.63) is 71.3 Å². The van der Waals surface area contributed by atoms with Crippen LogP contribution < -0.4 is 11.5 Å². The third-order valence-electron chi connectivity index (χ3n) is 6.93. The minimum absolute atomic E-state index is 0.0717. The summed E-state index contributed by atoms with van der Waals surface area (Å²) in [5, 5.41) is 18.3. The Labute approximate surface area is 246 Å². The highest BCUT2D eigenvalue weighted by atomic mass is 32.2. The van der Waals surface area contributed by atoms with E-state index in [1.165, 1.54) is 78.2 Å². The molecule has 0 fully saturated rings. The summed E-state index contributed by atoms with van der Waals surface area (Å²) >= 11 is 0. The Hall–Kier alpha value is -3.04. The van der Waals surface area contributed by atoms with Gasteiger partial charge in [0.25, 0.3) is 0 Å². The Morgan fingerprint density at radius 2 is 1.00 bits per heavy atom. The summed E-state index contributed by atoms with van der Waals surface area (Å²) in [5.74, 6) is -2.22. The average molecular weight is 631 g/mol. The van der Waals surface area contributed by atoms with Crippen LogP contribution in [-0.2, 0) is 30.5 Å². The molecule has 8 nitrogen and oxygen atoms in total. The van der Waals surface area contributed by atoms with Crippen molar-refractivity contribution < 1.29 is 26.0 Å². The fourth-order valence-electron chi connectivity index (χ4n) is 3.89. The molecule has 0 spiro atoms. The van der Waals surface area contributed by atoms with Gasteiger partial charge in [-0.15, -0.1) is 0 Å². The van der Waals surface area contributed by atoms with Crippen molar-refractivity contribution in [1.82, 2.24) is 0 Å². The first-order valence-corrected chi connectivity index (χ1v) is 16.0. The maximum Gasteiger partial charge on any atom is 0.135 e. The van der Waals surface area contributed by atoms with Crippen LogP contribution in [0.4, 0.5) is 17.6 Å². The van der Waals surface area contributed by atoms with Gasteiger partial charge in [0.1, 0.15) is 34.5 Å². The van der Waals surface area contributed by atoms with E-state index in [4.69, 9.17) is 22.0 Å². The Bertz CT molecular complexity index is 1470. The topological polar surface area (TPSA) is 158 Å². The van der Waals surface area contributed by atoms with Gasteiger partial charge in [0.2, 0.25) is 0 Å². The zero-order valence-electron chi connectivity index (χ0n) is 24.5. The number of hydrogen-bond acceptors (Lipinski definition) is 8. The highest BCUT2D eigenvalue weighted by Crippen LogP contribution is 2.31. The standard InChI is InChI=1S/2C14H19F2N3OS/c2*1-13(2,9-17)21(20,19-3)10-14(18,8-15)11-6-4-5-7-12(11)16/h2*4-7H,8,10,18H2,1-3H3/t14-,21+;14-,21-/m00/s1. The molecule has 2 rings (SSSR count). The molecule has 4 N–H and O–H groups in total. The van der Waals surface area contributed by atoms with Gasteiger partial charge in [0, 0.05) is 25.2 Å². The Kier molecular flexibility index (Phi) is 12.3. The van der Waals surface area contributed by atoms with E-state index in [-0.39, 0.29) is 11.1 Å². The minimum Gasteiger partial charge on any atom is -0.318 e. The summed E-state index contributed by atoms with van der Waals surface area (Å²) in [6, 6.07) is 14.8. The number of alkyl halides is 2. The molecular weight excluding hydrogens is 592 g/mol. The van der Waals surface area contributed by atoms with Gasteiger partial charge in [0.15, 0.2) is 0 Å². The fraction of sp³-hybridized carbons (Fsp3) is 0.500. The van der Waals surface area contributed by atoms with Crippen molar-refractivity contribution in [1.29, 1.82) is 10.5 Å². The van der Waals surface area contributed by atoms with Gasteiger partial charge in [0.05, 0.1) is 54.2 Å². The van der Waals surface area contributed by atoms with Gasteiger partial charge in [-0.3, -0.25) is 0 Å². The average Bonchev–Trinajstić information content (AvgIpc) is 2.97. The van der Waals surface area contributed by atoms with Gasteiger partial charge < -0.3 is 11.5 Å². The normalized spacial score (nSPS) is 17.4. The Balaban J connectivity index is 0.000000420. The molecular formula is C28H38F4N6O2S2. The van der Waals surface area contributed by atoms with Crippen molar-refractivity contribution >= 4 is 19.5 Å². The van der Waals surface area contributed by atoms with Crippen LogP contribution in [0.1, 0.15) is 38.8 Å². The summed E-state index contributed by atoms with van der Waals surface area (Å²) < 4.78 is 85.6. The lowest BCUT2D eigenvalue weighted by molar-refractivity contribution is 0.328. The van der Waals surface area contributed by atoms with Crippen LogP contribution in [-0.4, -0.2) is 56.9 Å². The van der Waals surface area contributed by atoms with E-state index in [1.807, 2.05) is 12.1 Å². The first-order chi connectivity index (χ1) is 19.3. The van der Waals surface area contributed by atoms with Crippen LogP contribution in [0.15, 0.2) is 57.3 Å². The van der Waals surface area contributed by atoms with Crippen LogP contribution >= 0.6 is 0 Å². The van der Waals surface area contributed by atoms with E-state index in [1.54, 1.807) is 0 Å². The van der Waals surface area contributed by atoms with Crippen LogP contribution in [0.2, 0.25) is 0 Å². The van der Waals surface area contributed by atoms with Gasteiger partial charge in [-0.2, -0.15) is 10.5 Å². The van der Waals surface area contributed by atoms with E-state index in [0.717, 1.165) is 12.1 Å². The van der Waals surface area contributed by atoms with Gasteiger partial charge in [-0.1, -0.05) is 36.4 Å². The van der Waals surface area contributed by atoms with Crippen LogP contribution in [0, 0.1) is 34.3 Å². The second kappa shape index (κ2) is 14.0. The van der Waals surface area contributed by atoms with E-state index >= 15 is 0 Å². The van der Waals surface area contributed by atoms with E-state index < -0.39 is 76.5 Å². The molecule has 0 unspecified atom stereocenters. The SMILES string of the molecule is CN=[S@@](=O)(C[C@@](N)(CF)c1ccccc1F)C(C)(C)C#N.CN=[S@](=O)(C[C@@](N)(CF)c1ccccc1F)C(C)(C)C#N. The number of nitrogens with two attached hydrogens (primary N) is 2. The molecule has 0 bridgehead atoms. The molecule has 232 valence electrons. The maximum absolute atomic E-state index is 13.9. The Morgan fingerprint density at radius 3 is 1.21 bits per heavy atom. The molecule has 0 aliphatic heterocycles. The van der Waals surface area contributed by atoms with Crippen LogP contribution in [0.25, 0.3) is 0 Å². The van der Waals surface area contributed by atoms with Crippen molar-refractivity contribution in [2.24, 2.45) is 20.2 Å². The highest BCUT2D eigenvalue weighted by molar-refractivity contribution is 7.95. The number of benzene rings is 2. The quantitative estimate of drug-likeness (QED) is 0.362. The zero-order valence-corrected chi connectivity index (χ0v) is 26.2. The number of rotatable bonds is 10. The number of nitrogens with zero attached hydrogens (tertiary/aromatic N) is 4. The molecule has 4 atom stereocenters. The zero-order chi connectivity index (χ0) is 32.6. The van der Waals surface area contributed by atoms with Crippen molar-refractivity contribution in [2.45, 2.75) is 48.3 Å². The molecule has 14 heteroatoms. The molecule has 0 aromatic heterocycles. The van der Waals surface area contributed by atoms with Gasteiger partial charge in [-0.25, -0.2) is 34.7 Å². The molecule has 0 saturated heterocycles. The lowest BCUT2D eigenvalue weighted by atomic mass is 9.94. The Morgan fingerprint density at radius 1 is 0.714 bits per heavy atom. The minimum atomic E-state index is -3.16. The lowest BCUT2D eigenvalue weighted by Crippen LogP contribution is -2.49. The maximum atomic E-state index is 13.9. The first-order valence-electron chi connectivity index (χ1n) is 12.6. The third kappa shape index (κ3) is 7.67. The predicted octanol–water partition coefficient (Wildman–Crippen LogP) is 4.70. The van der Waals surface area contributed by atoms with E-state index in [2.05, 4.69) is 8.73 Å². The van der Waals surface area contributed by atoms with Gasteiger partial charge >= 0.3 is 0 Å². The van der Waals surface area contributed by atoms with E-state index in [9.17, 15) is 26.0 Å². The van der Waals surface area contributed by atoms with E-state index in [0.29, 0.717) is 0 Å². The van der Waals surface area contributed by atoms with Crippen molar-refractivity contribution in [2.75, 3.05) is 39.0 Å². The summed E-state index contributed by atoms with van der Waals surface area (Å²) in [7, 11) is -3.73. The highest BCUT2D eigenvalue weighted by Gasteiger charge is 2.42. The number of hydrogen-bond donors (Lipinski definition) is 2. The molecule has 0 saturated carbocycles. The van der Waals surface area contributed by atoms with Crippen LogP contribution in [0.5, 0.6) is 0 Å². The van der Waals surface area contributed by atoms with Crippen molar-refractivity contribution in [3.63, 3.8) is 0 Å². The third-order valence-corrected chi connectivity index (χ3v) is 13.3. The second-order valence-corrected chi connectivity index (χ2v) is 16.6. The van der Waals surface area contributed by atoms with Gasteiger partial charge in [-0.05, 0) is 39.8 Å². The molecule has 0 aliphatic rings. The molecule has 0 heterocycles. The first kappa shape index (κ1) is 37.0. The van der Waals surface area contributed by atoms with Crippen molar-refractivity contribution in [3.8, 4) is 12.1 Å². The number of nitriles is 2. The monoisotopic (exact) mass is 630 g/mol. The summed E-state index contributed by atoms with van der Waals surface area (Å²) in [6.45, 7) is 3.57. The molecule has 42 heavy (non-hydrogen) atoms. The van der Waals surface area contributed by atoms with Crippen LogP contribution in [0.3, 0.4) is 0 Å². The summed E-state index contributed by atoms with van der Waals surface area (Å²) in [6.07, 6.45) is 0. The summed E-state index contributed by atoms with van der Waals surface area (Å²) in [5.41, 5.74) is 8.20. The molecule has 0 amide bonds. The lowest BCUT2D eigenvalue weighted by Gasteiger charge is -2.32. The predicted molar refractivity (Wildman–Crippen MR) is 159 cm³/mol. The largest absolute Gasteiger partial charge is 0.318 e. The summed E-state index contributed by atoms with van der Waals surface area (Å²) in [4.78, 5) is 0. The second-order valence-electron chi connectivity index (χ2n) is 10.7. The molecule has 0 aliphatic carbocycles. The number of halogens is 4. The smallest absolute Gasteiger partial charge is 0.135 e.